The molecule has 0 saturated heterocycles. The van der Waals surface area contributed by atoms with Crippen molar-refractivity contribution in [1.29, 1.82) is 0 Å². The van der Waals surface area contributed by atoms with Gasteiger partial charge in [0.2, 0.25) is 0 Å². The number of hydrogen-bond donors (Lipinski definition) is 0. The lowest BCUT2D eigenvalue weighted by molar-refractivity contribution is -0.384. The summed E-state index contributed by atoms with van der Waals surface area (Å²) in [6.45, 7) is 8.19. The van der Waals surface area contributed by atoms with Crippen LogP contribution in [0.1, 0.15) is 38.8 Å². The summed E-state index contributed by atoms with van der Waals surface area (Å²) in [6.07, 6.45) is 0. The molecule has 1 aliphatic heterocycles. The highest BCUT2D eigenvalue weighted by atomic mass is 32.2. The third-order valence-electron chi connectivity index (χ3n) is 4.69. The Morgan fingerprint density at radius 1 is 0.966 bits per heavy atom. The second-order valence-corrected chi connectivity index (χ2v) is 8.96. The van der Waals surface area contributed by atoms with Crippen molar-refractivity contribution in [3.05, 3.63) is 74.7 Å². The minimum atomic E-state index is -0.495. The maximum absolute atomic E-state index is 13.2. The molecule has 0 aromatic heterocycles. The van der Waals surface area contributed by atoms with E-state index >= 15 is 0 Å². The number of amides is 2. The molecule has 0 bridgehead atoms. The number of thioether (sulfide) groups is 1. The van der Waals surface area contributed by atoms with E-state index in [4.69, 9.17) is 0 Å². The fourth-order valence-corrected chi connectivity index (χ4v) is 3.99. The van der Waals surface area contributed by atoms with Gasteiger partial charge in [-0.2, -0.15) is 0 Å². The van der Waals surface area contributed by atoms with E-state index in [2.05, 4.69) is 20.8 Å². The molecule has 2 amide bonds. The third-order valence-corrected chi connectivity index (χ3v) is 5.64. The van der Waals surface area contributed by atoms with Crippen LogP contribution < -0.4 is 4.90 Å². The van der Waals surface area contributed by atoms with Gasteiger partial charge in [-0.3, -0.25) is 19.7 Å². The average Bonchev–Trinajstić information content (AvgIpc) is 2.91. The predicted molar refractivity (Wildman–Crippen MR) is 116 cm³/mol. The van der Waals surface area contributed by atoms with Crippen LogP contribution in [-0.4, -0.2) is 22.5 Å². The van der Waals surface area contributed by atoms with E-state index < -0.39 is 10.8 Å². The molecule has 0 saturated carbocycles. The molecule has 0 unspecified atom stereocenters. The van der Waals surface area contributed by atoms with Gasteiger partial charge in [-0.05, 0) is 46.6 Å². The Morgan fingerprint density at radius 3 is 2.03 bits per heavy atom. The molecule has 150 valence electrons. The highest BCUT2D eigenvalue weighted by Crippen LogP contribution is 2.39. The summed E-state index contributed by atoms with van der Waals surface area (Å²) >= 11 is 1.30. The van der Waals surface area contributed by atoms with Crippen molar-refractivity contribution in [2.75, 3.05) is 10.7 Å². The van der Waals surface area contributed by atoms with Crippen LogP contribution >= 0.6 is 11.8 Å². The minimum absolute atomic E-state index is 0.0387. The Labute approximate surface area is 173 Å². The second-order valence-electron chi connectivity index (χ2n) is 7.68. The molecule has 7 heteroatoms. The number of carbonyl (C=O) groups is 2. The Balaban J connectivity index is 2.01. The molecule has 3 rings (SSSR count). The van der Waals surface area contributed by atoms with Gasteiger partial charge in [-0.15, -0.1) is 11.8 Å². The van der Waals surface area contributed by atoms with Gasteiger partial charge >= 0.3 is 0 Å². The summed E-state index contributed by atoms with van der Waals surface area (Å²) < 4.78 is 0. The van der Waals surface area contributed by atoms with Crippen LogP contribution in [0.2, 0.25) is 0 Å². The Morgan fingerprint density at radius 2 is 1.55 bits per heavy atom. The topological polar surface area (TPSA) is 80.5 Å². The maximum atomic E-state index is 13.2. The molecule has 0 spiro atoms. The number of anilines is 1. The fourth-order valence-electron chi connectivity index (χ4n) is 3.14. The number of carbonyl (C=O) groups excluding carboxylic acids is 2. The first kappa shape index (κ1) is 20.8. The molecule has 0 fully saturated rings. The zero-order valence-electron chi connectivity index (χ0n) is 16.8. The second kappa shape index (κ2) is 7.83. The summed E-state index contributed by atoms with van der Waals surface area (Å²) in [5.41, 5.74) is 2.30. The van der Waals surface area contributed by atoms with Gasteiger partial charge in [0, 0.05) is 12.1 Å². The fraction of sp³-hybridized carbons (Fsp3) is 0.273. The van der Waals surface area contributed by atoms with Gasteiger partial charge in [0.15, 0.2) is 0 Å². The van der Waals surface area contributed by atoms with Crippen LogP contribution in [0.25, 0.3) is 5.57 Å². The first-order valence-corrected chi connectivity index (χ1v) is 10.2. The van der Waals surface area contributed by atoms with Crippen LogP contribution in [0.15, 0.2) is 53.4 Å². The molecule has 1 aliphatic rings. The van der Waals surface area contributed by atoms with Gasteiger partial charge in [0.05, 0.1) is 21.1 Å². The van der Waals surface area contributed by atoms with E-state index in [1.165, 1.54) is 40.9 Å². The maximum Gasteiger partial charge on any atom is 0.272 e. The largest absolute Gasteiger partial charge is 0.272 e. The van der Waals surface area contributed by atoms with E-state index in [0.717, 1.165) is 5.56 Å². The molecule has 0 atom stereocenters. The molecule has 2 aromatic carbocycles. The number of rotatable bonds is 5. The van der Waals surface area contributed by atoms with Crippen molar-refractivity contribution < 1.29 is 14.5 Å². The first-order chi connectivity index (χ1) is 13.6. The van der Waals surface area contributed by atoms with Gasteiger partial charge < -0.3 is 0 Å². The van der Waals surface area contributed by atoms with Crippen LogP contribution in [0.5, 0.6) is 0 Å². The molecule has 0 N–H and O–H groups in total. The van der Waals surface area contributed by atoms with Gasteiger partial charge in [-0.1, -0.05) is 39.8 Å². The third kappa shape index (κ3) is 3.96. The summed E-state index contributed by atoms with van der Waals surface area (Å²) in [5.74, 6) is -0.149. The number of imide groups is 1. The first-order valence-electron chi connectivity index (χ1n) is 9.26. The molecule has 29 heavy (non-hydrogen) atoms. The SMILES string of the molecule is CCSC1=C(c2ccc([N+](=O)[O-])cc2)C(=O)N(c2ccc(C(C)(C)C)cc2)C1=O. The molecule has 0 aliphatic carbocycles. The van der Waals surface area contributed by atoms with E-state index in [0.29, 0.717) is 21.9 Å². The minimum Gasteiger partial charge on any atom is -0.268 e. The van der Waals surface area contributed by atoms with Crippen molar-refractivity contribution >= 4 is 40.5 Å². The number of nitro groups is 1. The van der Waals surface area contributed by atoms with Crippen molar-refractivity contribution in [1.82, 2.24) is 0 Å². The number of nitrogens with zero attached hydrogens (tertiary/aromatic N) is 2. The van der Waals surface area contributed by atoms with Gasteiger partial charge in [0.1, 0.15) is 0 Å². The standard InChI is InChI=1S/C22H22N2O4S/c1-5-29-19-18(14-6-10-17(11-7-14)24(27)28)20(25)23(21(19)26)16-12-8-15(9-13-16)22(2,3)4/h6-13H,5H2,1-4H3. The normalized spacial score (nSPS) is 14.7. The summed E-state index contributed by atoms with van der Waals surface area (Å²) in [6, 6.07) is 13.1. The van der Waals surface area contributed by atoms with Crippen LogP contribution in [0.3, 0.4) is 0 Å². The number of nitro benzene ring substituents is 1. The van der Waals surface area contributed by atoms with E-state index in [1.807, 2.05) is 19.1 Å². The zero-order valence-corrected chi connectivity index (χ0v) is 17.6. The molecular formula is C22H22N2O4S. The molecule has 0 radical (unpaired) electrons. The van der Waals surface area contributed by atoms with Crippen molar-refractivity contribution in [2.45, 2.75) is 33.1 Å². The quantitative estimate of drug-likeness (QED) is 0.397. The Hall–Kier alpha value is -2.93. The smallest absolute Gasteiger partial charge is 0.268 e. The molecule has 2 aromatic rings. The number of non-ortho nitro benzene ring substituents is 1. The summed E-state index contributed by atoms with van der Waals surface area (Å²) in [5, 5.41) is 10.9. The Bertz CT molecular complexity index is 1000. The highest BCUT2D eigenvalue weighted by molar-refractivity contribution is 8.04. The zero-order chi connectivity index (χ0) is 21.3. The van der Waals surface area contributed by atoms with E-state index in [-0.39, 0.29) is 22.6 Å². The lowest BCUT2D eigenvalue weighted by Gasteiger charge is -2.21. The van der Waals surface area contributed by atoms with Gasteiger partial charge in [0.25, 0.3) is 17.5 Å². The van der Waals surface area contributed by atoms with E-state index in [9.17, 15) is 19.7 Å². The molecular weight excluding hydrogens is 388 g/mol. The average molecular weight is 410 g/mol. The van der Waals surface area contributed by atoms with Crippen LogP contribution in [0, 0.1) is 10.1 Å². The lowest BCUT2D eigenvalue weighted by atomic mass is 9.87. The monoisotopic (exact) mass is 410 g/mol. The molecule has 6 nitrogen and oxygen atoms in total. The predicted octanol–water partition coefficient (Wildman–Crippen LogP) is 4.93. The number of hydrogen-bond acceptors (Lipinski definition) is 5. The van der Waals surface area contributed by atoms with Gasteiger partial charge in [-0.25, -0.2) is 4.90 Å². The lowest BCUT2D eigenvalue weighted by Crippen LogP contribution is -2.31. The van der Waals surface area contributed by atoms with Crippen LogP contribution in [-0.2, 0) is 15.0 Å². The Kier molecular flexibility index (Phi) is 5.61. The van der Waals surface area contributed by atoms with Crippen molar-refractivity contribution in [3.63, 3.8) is 0 Å². The van der Waals surface area contributed by atoms with Crippen molar-refractivity contribution in [2.24, 2.45) is 0 Å². The van der Waals surface area contributed by atoms with E-state index in [1.54, 1.807) is 12.1 Å². The molecule has 1 heterocycles. The summed E-state index contributed by atoms with van der Waals surface area (Å²) in [7, 11) is 0. The van der Waals surface area contributed by atoms with Crippen LogP contribution in [0.4, 0.5) is 11.4 Å². The van der Waals surface area contributed by atoms with Crippen molar-refractivity contribution in [3.8, 4) is 0 Å². The summed E-state index contributed by atoms with van der Waals surface area (Å²) in [4.78, 5) is 38.2. The highest BCUT2D eigenvalue weighted by Gasteiger charge is 2.40. The number of benzene rings is 2.